The number of hydrogen-bond donors (Lipinski definition) is 3. The van der Waals surface area contributed by atoms with Crippen LogP contribution in [-0.2, 0) is 10.0 Å². The molecule has 1 unspecified atom stereocenters. The highest BCUT2D eigenvalue weighted by atomic mass is 32.2. The Kier molecular flexibility index (Phi) is 5.30. The molecular weight excluding hydrogens is 270 g/mol. The number of thioether (sulfide) groups is 1. The molecule has 1 rings (SSSR count). The molecule has 0 aliphatic heterocycles. The second kappa shape index (κ2) is 6.31. The van der Waals surface area contributed by atoms with Gasteiger partial charge in [0.25, 0.3) is 0 Å². The van der Waals surface area contributed by atoms with Gasteiger partial charge < -0.3 is 11.1 Å². The summed E-state index contributed by atoms with van der Waals surface area (Å²) in [6.45, 7) is 4.11. The fraction of sp³-hybridized carbons (Fsp3) is 0.455. The van der Waals surface area contributed by atoms with E-state index < -0.39 is 10.0 Å². The molecule has 0 radical (unpaired) electrons. The van der Waals surface area contributed by atoms with Crippen molar-refractivity contribution in [2.45, 2.75) is 24.8 Å². The van der Waals surface area contributed by atoms with Crippen molar-refractivity contribution < 1.29 is 8.42 Å². The zero-order chi connectivity index (χ0) is 13.8. The highest BCUT2D eigenvalue weighted by Gasteiger charge is 2.15. The predicted octanol–water partition coefficient (Wildman–Crippen LogP) is 1.47. The summed E-state index contributed by atoms with van der Waals surface area (Å²) >= 11 is 1.80. The number of primary sulfonamides is 1. The first-order valence-corrected chi connectivity index (χ1v) is 8.32. The minimum atomic E-state index is -3.78. The molecule has 5 N–H and O–H groups in total. The van der Waals surface area contributed by atoms with Crippen molar-refractivity contribution in [3.8, 4) is 0 Å². The summed E-state index contributed by atoms with van der Waals surface area (Å²) in [5, 5.41) is 8.29. The van der Waals surface area contributed by atoms with Crippen molar-refractivity contribution in [1.82, 2.24) is 0 Å². The average Bonchev–Trinajstić information content (AvgIpc) is 2.27. The summed E-state index contributed by atoms with van der Waals surface area (Å²) < 4.78 is 22.7. The first kappa shape index (κ1) is 15.1. The van der Waals surface area contributed by atoms with Crippen molar-refractivity contribution in [2.75, 3.05) is 22.6 Å². The lowest BCUT2D eigenvalue weighted by Crippen LogP contribution is -2.20. The van der Waals surface area contributed by atoms with Gasteiger partial charge in [-0.1, -0.05) is 13.0 Å². The van der Waals surface area contributed by atoms with E-state index >= 15 is 0 Å². The Hall–Kier alpha value is -0.920. The maximum absolute atomic E-state index is 11.3. The summed E-state index contributed by atoms with van der Waals surface area (Å²) in [7, 11) is -3.78. The lowest BCUT2D eigenvalue weighted by Gasteiger charge is -2.17. The number of nitrogens with two attached hydrogens (primary N) is 2. The van der Waals surface area contributed by atoms with Gasteiger partial charge in [0.05, 0.1) is 11.4 Å². The molecule has 0 aliphatic carbocycles. The maximum atomic E-state index is 11.3. The molecule has 7 heteroatoms. The van der Waals surface area contributed by atoms with E-state index in [0.29, 0.717) is 5.69 Å². The number of rotatable bonds is 6. The van der Waals surface area contributed by atoms with Crippen LogP contribution in [0.5, 0.6) is 0 Å². The Balaban J connectivity index is 2.91. The van der Waals surface area contributed by atoms with Crippen LogP contribution in [0.15, 0.2) is 23.1 Å². The van der Waals surface area contributed by atoms with E-state index in [1.165, 1.54) is 6.07 Å². The number of nitrogen functional groups attached to an aromatic ring is 1. The Morgan fingerprint density at radius 1 is 1.44 bits per heavy atom. The largest absolute Gasteiger partial charge is 0.396 e. The molecule has 0 saturated heterocycles. The van der Waals surface area contributed by atoms with Gasteiger partial charge in [-0.2, -0.15) is 11.8 Å². The van der Waals surface area contributed by atoms with E-state index in [-0.39, 0.29) is 16.6 Å². The molecule has 0 saturated carbocycles. The highest BCUT2D eigenvalue weighted by molar-refractivity contribution is 7.99. The SMILES string of the molecule is CCSCC(C)Nc1cccc(S(N)(=O)=O)c1N. The van der Waals surface area contributed by atoms with Gasteiger partial charge in [0.15, 0.2) is 0 Å². The van der Waals surface area contributed by atoms with Crippen molar-refractivity contribution >= 4 is 33.2 Å². The van der Waals surface area contributed by atoms with Crippen LogP contribution in [0.1, 0.15) is 13.8 Å². The third-order valence-corrected chi connectivity index (χ3v) is 4.46. The van der Waals surface area contributed by atoms with Crippen LogP contribution in [0.2, 0.25) is 0 Å². The normalized spacial score (nSPS) is 13.3. The van der Waals surface area contributed by atoms with Gasteiger partial charge in [-0.15, -0.1) is 0 Å². The summed E-state index contributed by atoms with van der Waals surface area (Å²) in [4.78, 5) is -0.0390. The highest BCUT2D eigenvalue weighted by Crippen LogP contribution is 2.26. The molecule has 1 aromatic carbocycles. The molecule has 18 heavy (non-hydrogen) atoms. The Morgan fingerprint density at radius 2 is 2.11 bits per heavy atom. The van der Waals surface area contributed by atoms with Gasteiger partial charge >= 0.3 is 0 Å². The van der Waals surface area contributed by atoms with Crippen LogP contribution in [0.3, 0.4) is 0 Å². The third-order valence-electron chi connectivity index (χ3n) is 2.35. The van der Waals surface area contributed by atoms with Gasteiger partial charge in [0, 0.05) is 11.8 Å². The van der Waals surface area contributed by atoms with Crippen molar-refractivity contribution in [3.63, 3.8) is 0 Å². The molecule has 1 atom stereocenters. The predicted molar refractivity (Wildman–Crippen MR) is 78.3 cm³/mol. The molecule has 0 fully saturated rings. The zero-order valence-corrected chi connectivity index (χ0v) is 12.1. The first-order chi connectivity index (χ1) is 8.36. The number of sulfonamides is 1. The molecule has 0 aromatic heterocycles. The standard InChI is InChI=1S/C11H19N3O2S2/c1-3-17-7-8(2)14-9-5-4-6-10(11(9)12)18(13,15)16/h4-6,8,14H,3,7,12H2,1-2H3,(H2,13,15,16). The van der Waals surface area contributed by atoms with Crippen LogP contribution in [0, 0.1) is 0 Å². The van der Waals surface area contributed by atoms with E-state index in [1.807, 2.05) is 6.92 Å². The zero-order valence-electron chi connectivity index (χ0n) is 10.5. The second-order valence-electron chi connectivity index (χ2n) is 3.97. The van der Waals surface area contributed by atoms with Gasteiger partial charge in [-0.3, -0.25) is 0 Å². The Labute approximate surface area is 112 Å². The number of nitrogens with one attached hydrogen (secondary N) is 1. The van der Waals surface area contributed by atoms with Gasteiger partial charge in [-0.25, -0.2) is 13.6 Å². The molecule has 1 aromatic rings. The number of anilines is 2. The van der Waals surface area contributed by atoms with Crippen LogP contribution < -0.4 is 16.2 Å². The van der Waals surface area contributed by atoms with Gasteiger partial charge in [0.2, 0.25) is 10.0 Å². The monoisotopic (exact) mass is 289 g/mol. The molecule has 0 bridgehead atoms. The molecule has 0 aliphatic rings. The molecule has 0 amide bonds. The second-order valence-corrected chi connectivity index (χ2v) is 6.82. The van der Waals surface area contributed by atoms with Crippen molar-refractivity contribution in [2.24, 2.45) is 5.14 Å². The topological polar surface area (TPSA) is 98.2 Å². The van der Waals surface area contributed by atoms with Crippen LogP contribution in [0.25, 0.3) is 0 Å². The Morgan fingerprint density at radius 3 is 2.67 bits per heavy atom. The summed E-state index contributed by atoms with van der Waals surface area (Å²) in [6.07, 6.45) is 0. The smallest absolute Gasteiger partial charge is 0.240 e. The molecule has 5 nitrogen and oxygen atoms in total. The van der Waals surface area contributed by atoms with Gasteiger partial charge in [0.1, 0.15) is 4.90 Å². The summed E-state index contributed by atoms with van der Waals surface area (Å²) in [5.74, 6) is 1.97. The van der Waals surface area contributed by atoms with E-state index in [0.717, 1.165) is 11.5 Å². The quantitative estimate of drug-likeness (QED) is 0.689. The van der Waals surface area contributed by atoms with Gasteiger partial charge in [-0.05, 0) is 24.8 Å². The summed E-state index contributed by atoms with van der Waals surface area (Å²) in [6, 6.07) is 4.98. The fourth-order valence-corrected chi connectivity index (χ4v) is 2.88. The molecular formula is C11H19N3O2S2. The lowest BCUT2D eigenvalue weighted by atomic mass is 10.2. The summed E-state index contributed by atoms with van der Waals surface area (Å²) in [5.41, 5.74) is 6.59. The molecule has 0 spiro atoms. The van der Waals surface area contributed by atoms with Crippen LogP contribution >= 0.6 is 11.8 Å². The van der Waals surface area contributed by atoms with E-state index in [1.54, 1.807) is 23.9 Å². The number of hydrogen-bond acceptors (Lipinski definition) is 5. The van der Waals surface area contributed by atoms with Crippen molar-refractivity contribution in [3.05, 3.63) is 18.2 Å². The fourth-order valence-electron chi connectivity index (χ4n) is 1.52. The first-order valence-electron chi connectivity index (χ1n) is 5.61. The minimum Gasteiger partial charge on any atom is -0.396 e. The Bertz CT molecular complexity index is 503. The number of para-hydroxylation sites is 1. The number of benzene rings is 1. The van der Waals surface area contributed by atoms with E-state index in [2.05, 4.69) is 12.2 Å². The van der Waals surface area contributed by atoms with E-state index in [9.17, 15) is 8.42 Å². The van der Waals surface area contributed by atoms with Crippen LogP contribution in [0.4, 0.5) is 11.4 Å². The molecule has 102 valence electrons. The van der Waals surface area contributed by atoms with Crippen molar-refractivity contribution in [1.29, 1.82) is 0 Å². The lowest BCUT2D eigenvalue weighted by molar-refractivity contribution is 0.598. The molecule has 0 heterocycles. The third kappa shape index (κ3) is 4.08. The maximum Gasteiger partial charge on any atom is 0.240 e. The van der Waals surface area contributed by atoms with Crippen LogP contribution in [-0.4, -0.2) is 26.0 Å². The average molecular weight is 289 g/mol. The van der Waals surface area contributed by atoms with E-state index in [4.69, 9.17) is 10.9 Å². The minimum absolute atomic E-state index is 0.0390.